The van der Waals surface area contributed by atoms with Gasteiger partial charge in [-0.2, -0.15) is 0 Å². The van der Waals surface area contributed by atoms with Crippen LogP contribution in [0.4, 0.5) is 5.69 Å². The lowest BCUT2D eigenvalue weighted by Crippen LogP contribution is -1.97. The van der Waals surface area contributed by atoms with Crippen molar-refractivity contribution in [1.82, 2.24) is 0 Å². The Labute approximate surface area is 94.1 Å². The van der Waals surface area contributed by atoms with Gasteiger partial charge in [0.25, 0.3) is 0 Å². The molecular formula is C12H15NO3. The molecule has 0 unspecified atom stereocenters. The number of anilines is 1. The van der Waals surface area contributed by atoms with Crippen molar-refractivity contribution in [2.24, 2.45) is 0 Å². The molecule has 0 spiro atoms. The number of aryl methyl sites for hydroxylation is 1. The van der Waals surface area contributed by atoms with Gasteiger partial charge < -0.3 is 10.8 Å². The van der Waals surface area contributed by atoms with Crippen LogP contribution in [0.25, 0.3) is 0 Å². The third kappa shape index (κ3) is 3.73. The standard InChI is InChI=1S/C12H15NO3/c13-11-7-9(5-6-10(11)8-14)3-1-2-4-12(15)16/h5-8H,1-4,13H2,(H,15,16). The number of aldehydes is 1. The average Bonchev–Trinajstić information content (AvgIpc) is 2.24. The average molecular weight is 221 g/mol. The molecule has 4 nitrogen and oxygen atoms in total. The van der Waals surface area contributed by atoms with Crippen molar-refractivity contribution in [3.05, 3.63) is 29.3 Å². The molecule has 0 saturated heterocycles. The summed E-state index contributed by atoms with van der Waals surface area (Å²) in [4.78, 5) is 20.8. The quantitative estimate of drug-likeness (QED) is 0.436. The van der Waals surface area contributed by atoms with Crippen LogP contribution in [0, 0.1) is 0 Å². The van der Waals surface area contributed by atoms with Crippen molar-refractivity contribution in [2.75, 3.05) is 5.73 Å². The molecule has 16 heavy (non-hydrogen) atoms. The van der Waals surface area contributed by atoms with Gasteiger partial charge in [0.15, 0.2) is 6.29 Å². The first-order chi connectivity index (χ1) is 7.63. The molecule has 4 heteroatoms. The molecule has 0 aliphatic rings. The van der Waals surface area contributed by atoms with Crippen LogP contribution in [0.1, 0.15) is 35.2 Å². The minimum Gasteiger partial charge on any atom is -0.481 e. The van der Waals surface area contributed by atoms with Crippen LogP contribution < -0.4 is 5.73 Å². The molecule has 0 bridgehead atoms. The first kappa shape index (κ1) is 12.2. The Kier molecular flexibility index (Phi) is 4.51. The van der Waals surface area contributed by atoms with Crippen LogP contribution in [-0.2, 0) is 11.2 Å². The summed E-state index contributed by atoms with van der Waals surface area (Å²) in [6, 6.07) is 5.31. The van der Waals surface area contributed by atoms with E-state index in [1.807, 2.05) is 6.07 Å². The molecule has 0 fully saturated rings. The number of benzene rings is 1. The third-order valence-electron chi connectivity index (χ3n) is 2.38. The van der Waals surface area contributed by atoms with E-state index in [1.165, 1.54) is 0 Å². The molecule has 0 aromatic heterocycles. The van der Waals surface area contributed by atoms with Gasteiger partial charge in [-0.1, -0.05) is 6.07 Å². The second kappa shape index (κ2) is 5.90. The maximum atomic E-state index is 10.5. The lowest BCUT2D eigenvalue weighted by molar-refractivity contribution is -0.137. The monoisotopic (exact) mass is 221 g/mol. The fourth-order valence-electron chi connectivity index (χ4n) is 1.49. The number of carboxylic acids is 1. The Bertz CT molecular complexity index is 388. The number of aliphatic carboxylic acids is 1. The predicted octanol–water partition coefficient (Wildman–Crippen LogP) is 1.88. The molecule has 1 aromatic rings. The van der Waals surface area contributed by atoms with Crippen molar-refractivity contribution in [3.63, 3.8) is 0 Å². The number of carboxylic acid groups (broad SMARTS) is 1. The summed E-state index contributed by atoms with van der Waals surface area (Å²) < 4.78 is 0. The van der Waals surface area contributed by atoms with Gasteiger partial charge in [0.1, 0.15) is 0 Å². The van der Waals surface area contributed by atoms with Crippen molar-refractivity contribution in [1.29, 1.82) is 0 Å². The summed E-state index contributed by atoms with van der Waals surface area (Å²) in [7, 11) is 0. The zero-order valence-electron chi connectivity index (χ0n) is 8.98. The van der Waals surface area contributed by atoms with Gasteiger partial charge in [0.2, 0.25) is 0 Å². The fraction of sp³-hybridized carbons (Fsp3) is 0.333. The number of rotatable bonds is 6. The van der Waals surface area contributed by atoms with Crippen molar-refractivity contribution in [2.45, 2.75) is 25.7 Å². The lowest BCUT2D eigenvalue weighted by atomic mass is 10.0. The van der Waals surface area contributed by atoms with Gasteiger partial charge in [-0.15, -0.1) is 0 Å². The van der Waals surface area contributed by atoms with Crippen molar-refractivity contribution < 1.29 is 14.7 Å². The van der Waals surface area contributed by atoms with Gasteiger partial charge in [-0.05, 0) is 37.0 Å². The fourth-order valence-corrected chi connectivity index (χ4v) is 1.49. The van der Waals surface area contributed by atoms with Crippen LogP contribution in [0.5, 0.6) is 0 Å². The maximum Gasteiger partial charge on any atom is 0.303 e. The van der Waals surface area contributed by atoms with Crippen LogP contribution in [0.15, 0.2) is 18.2 Å². The summed E-state index contributed by atoms with van der Waals surface area (Å²) >= 11 is 0. The molecule has 0 saturated carbocycles. The third-order valence-corrected chi connectivity index (χ3v) is 2.38. The number of hydrogen-bond donors (Lipinski definition) is 2. The smallest absolute Gasteiger partial charge is 0.303 e. The van der Waals surface area contributed by atoms with E-state index in [0.717, 1.165) is 24.7 Å². The molecule has 1 aromatic carbocycles. The minimum atomic E-state index is -0.768. The van der Waals surface area contributed by atoms with E-state index < -0.39 is 5.97 Å². The predicted molar refractivity (Wildman–Crippen MR) is 61.4 cm³/mol. The molecule has 0 heterocycles. The number of hydrogen-bond acceptors (Lipinski definition) is 3. The van der Waals surface area contributed by atoms with Crippen LogP contribution in [0.2, 0.25) is 0 Å². The van der Waals surface area contributed by atoms with Crippen LogP contribution in [0.3, 0.4) is 0 Å². The zero-order valence-corrected chi connectivity index (χ0v) is 8.98. The summed E-state index contributed by atoms with van der Waals surface area (Å²) in [6.07, 6.45) is 3.18. The SMILES string of the molecule is Nc1cc(CCCCC(=O)O)ccc1C=O. The Morgan fingerprint density at radius 2 is 2.12 bits per heavy atom. The van der Waals surface area contributed by atoms with E-state index >= 15 is 0 Å². The topological polar surface area (TPSA) is 80.4 Å². The van der Waals surface area contributed by atoms with Crippen LogP contribution >= 0.6 is 0 Å². The van der Waals surface area contributed by atoms with Gasteiger partial charge in [-0.3, -0.25) is 9.59 Å². The minimum absolute atomic E-state index is 0.196. The van der Waals surface area contributed by atoms with E-state index in [9.17, 15) is 9.59 Å². The Hall–Kier alpha value is -1.84. The molecule has 0 aliphatic carbocycles. The Morgan fingerprint density at radius 1 is 1.38 bits per heavy atom. The van der Waals surface area contributed by atoms with E-state index in [2.05, 4.69) is 0 Å². The Morgan fingerprint density at radius 3 is 2.69 bits per heavy atom. The molecule has 0 radical (unpaired) electrons. The van der Waals surface area contributed by atoms with Gasteiger partial charge in [0, 0.05) is 17.7 Å². The van der Waals surface area contributed by atoms with E-state index in [4.69, 9.17) is 10.8 Å². The number of carbonyl (C=O) groups is 2. The second-order valence-corrected chi connectivity index (χ2v) is 3.68. The van der Waals surface area contributed by atoms with Crippen LogP contribution in [-0.4, -0.2) is 17.4 Å². The summed E-state index contributed by atoms with van der Waals surface area (Å²) in [5.74, 6) is -0.768. The highest BCUT2D eigenvalue weighted by atomic mass is 16.4. The van der Waals surface area contributed by atoms with Gasteiger partial charge >= 0.3 is 5.97 Å². The van der Waals surface area contributed by atoms with Crippen molar-refractivity contribution in [3.8, 4) is 0 Å². The van der Waals surface area contributed by atoms with Gasteiger partial charge in [0.05, 0.1) is 0 Å². The normalized spacial score (nSPS) is 10.0. The summed E-state index contributed by atoms with van der Waals surface area (Å²) in [6.45, 7) is 0. The largest absolute Gasteiger partial charge is 0.481 e. The first-order valence-corrected chi connectivity index (χ1v) is 5.19. The molecule has 0 aliphatic heterocycles. The highest BCUT2D eigenvalue weighted by Gasteiger charge is 2.01. The summed E-state index contributed by atoms with van der Waals surface area (Å²) in [5, 5.41) is 8.46. The Balaban J connectivity index is 2.46. The van der Waals surface area contributed by atoms with E-state index in [1.54, 1.807) is 12.1 Å². The number of nitrogen functional groups attached to an aromatic ring is 1. The number of carbonyl (C=O) groups excluding carboxylic acids is 1. The first-order valence-electron chi connectivity index (χ1n) is 5.19. The molecule has 0 atom stereocenters. The molecule has 3 N–H and O–H groups in total. The lowest BCUT2D eigenvalue weighted by Gasteiger charge is -2.03. The highest BCUT2D eigenvalue weighted by Crippen LogP contribution is 2.14. The maximum absolute atomic E-state index is 10.5. The molecule has 0 amide bonds. The van der Waals surface area contributed by atoms with Gasteiger partial charge in [-0.25, -0.2) is 0 Å². The summed E-state index contributed by atoms with van der Waals surface area (Å²) in [5.41, 5.74) is 7.67. The molecular weight excluding hydrogens is 206 g/mol. The van der Waals surface area contributed by atoms with E-state index in [-0.39, 0.29) is 6.42 Å². The number of unbranched alkanes of at least 4 members (excludes halogenated alkanes) is 1. The number of nitrogens with two attached hydrogens (primary N) is 1. The second-order valence-electron chi connectivity index (χ2n) is 3.68. The van der Waals surface area contributed by atoms with Crippen molar-refractivity contribution >= 4 is 17.9 Å². The highest BCUT2D eigenvalue weighted by molar-refractivity contribution is 5.83. The molecule has 86 valence electrons. The van der Waals surface area contributed by atoms with E-state index in [0.29, 0.717) is 17.7 Å². The molecule has 1 rings (SSSR count). The zero-order chi connectivity index (χ0) is 12.0.